The number of Topliss-reactive ketones (excluding diaryl/α,β-unsaturated/α-hetero) is 1. The highest BCUT2D eigenvalue weighted by Gasteiger charge is 2.49. The van der Waals surface area contributed by atoms with Crippen LogP contribution in [0.5, 0.6) is 0 Å². The van der Waals surface area contributed by atoms with E-state index >= 15 is 0 Å². The number of piperazine rings is 1. The summed E-state index contributed by atoms with van der Waals surface area (Å²) in [6.07, 6.45) is -0.623. The molecule has 1 aromatic carbocycles. The van der Waals surface area contributed by atoms with Crippen LogP contribution in [0.25, 0.3) is 0 Å². The third-order valence-corrected chi connectivity index (χ3v) is 3.77. The van der Waals surface area contributed by atoms with Gasteiger partial charge in [-0.1, -0.05) is 30.3 Å². The largest absolute Gasteiger partial charge is 0.445 e. The van der Waals surface area contributed by atoms with Gasteiger partial charge in [0.2, 0.25) is 5.78 Å². The topological polar surface area (TPSA) is 66.9 Å². The number of alkyl halides is 3. The van der Waals surface area contributed by atoms with Crippen molar-refractivity contribution >= 4 is 17.8 Å². The van der Waals surface area contributed by atoms with Crippen molar-refractivity contribution in [2.45, 2.75) is 12.5 Å². The lowest BCUT2D eigenvalue weighted by molar-refractivity contribution is -0.167. The third kappa shape index (κ3) is 4.49. The van der Waals surface area contributed by atoms with Gasteiger partial charge in [0.25, 0.3) is 0 Å². The molecule has 0 saturated carbocycles. The summed E-state index contributed by atoms with van der Waals surface area (Å²) in [5.41, 5.74) is 0.800. The van der Waals surface area contributed by atoms with Crippen LogP contribution in [0, 0.1) is 0 Å². The van der Waals surface area contributed by atoms with Gasteiger partial charge in [-0.25, -0.2) is 9.18 Å². The Balaban J connectivity index is 1.83. The number of nitrogens with zero attached hydrogens (tertiary/aromatic N) is 2. The lowest BCUT2D eigenvalue weighted by Crippen LogP contribution is -2.56. The second-order valence-electron chi connectivity index (χ2n) is 5.45. The Morgan fingerprint density at radius 2 is 1.56 bits per heavy atom. The number of benzene rings is 1. The highest BCUT2D eigenvalue weighted by atomic mass is 19.3. The zero-order valence-corrected chi connectivity index (χ0v) is 13.3. The Morgan fingerprint density at radius 3 is 2.12 bits per heavy atom. The van der Waals surface area contributed by atoms with Crippen LogP contribution in [0.1, 0.15) is 5.56 Å². The highest BCUT2D eigenvalue weighted by Crippen LogP contribution is 2.20. The minimum absolute atomic E-state index is 0.0146. The summed E-state index contributed by atoms with van der Waals surface area (Å²) in [4.78, 5) is 36.5. The minimum atomic E-state index is -4.38. The van der Waals surface area contributed by atoms with E-state index < -0.39 is 30.4 Å². The molecule has 1 fully saturated rings. The van der Waals surface area contributed by atoms with Gasteiger partial charge in [-0.3, -0.25) is 9.59 Å². The summed E-state index contributed by atoms with van der Waals surface area (Å²) in [5, 5.41) is 0. The zero-order chi connectivity index (χ0) is 18.4. The molecule has 1 aliphatic rings. The number of rotatable bonds is 5. The van der Waals surface area contributed by atoms with Crippen molar-refractivity contribution in [3.05, 3.63) is 35.9 Å². The van der Waals surface area contributed by atoms with Crippen molar-refractivity contribution < 1.29 is 32.3 Å². The molecule has 0 radical (unpaired) electrons. The van der Waals surface area contributed by atoms with Gasteiger partial charge in [-0.05, 0) is 5.56 Å². The lowest BCUT2D eigenvalue weighted by atomic mass is 10.2. The van der Waals surface area contributed by atoms with E-state index in [9.17, 15) is 27.6 Å². The molecule has 0 aliphatic carbocycles. The molecule has 25 heavy (non-hydrogen) atoms. The number of carbonyl (C=O) groups is 3. The first-order valence-corrected chi connectivity index (χ1v) is 7.58. The molecule has 0 unspecified atom stereocenters. The lowest BCUT2D eigenvalue weighted by Gasteiger charge is -2.35. The Kier molecular flexibility index (Phi) is 6.00. The summed E-state index contributed by atoms with van der Waals surface area (Å²) in [6, 6.07) is 8.99. The van der Waals surface area contributed by atoms with Crippen molar-refractivity contribution in [2.75, 3.05) is 32.9 Å². The van der Waals surface area contributed by atoms with Gasteiger partial charge >= 0.3 is 17.9 Å². The fourth-order valence-electron chi connectivity index (χ4n) is 2.30. The molecule has 1 aromatic rings. The molecule has 6 nitrogen and oxygen atoms in total. The fourth-order valence-corrected chi connectivity index (χ4v) is 2.30. The first-order chi connectivity index (χ1) is 11.9. The van der Waals surface area contributed by atoms with E-state index in [1.165, 1.54) is 4.90 Å². The van der Waals surface area contributed by atoms with E-state index in [1.54, 1.807) is 24.3 Å². The van der Waals surface area contributed by atoms with E-state index in [0.29, 0.717) is 0 Å². The number of ketones is 1. The normalized spacial score (nSPS) is 15.0. The maximum atomic E-state index is 13.5. The van der Waals surface area contributed by atoms with Crippen LogP contribution < -0.4 is 0 Å². The van der Waals surface area contributed by atoms with E-state index in [0.717, 1.165) is 10.5 Å². The minimum Gasteiger partial charge on any atom is -0.445 e. The van der Waals surface area contributed by atoms with Crippen molar-refractivity contribution in [1.82, 2.24) is 9.80 Å². The van der Waals surface area contributed by atoms with E-state index in [4.69, 9.17) is 4.74 Å². The average molecular weight is 358 g/mol. The van der Waals surface area contributed by atoms with Crippen LogP contribution in [0.3, 0.4) is 0 Å². The molecule has 0 atom stereocenters. The van der Waals surface area contributed by atoms with E-state index in [2.05, 4.69) is 0 Å². The highest BCUT2D eigenvalue weighted by molar-refractivity contribution is 6.08. The molecular formula is C16H17F3N2O4. The molecule has 1 heterocycles. The maximum absolute atomic E-state index is 13.5. The standard InChI is InChI=1S/C16H17F3N2O4/c17-10-13(22)16(18,19)14(23)20-6-8-21(9-7-20)15(24)25-11-12-4-2-1-3-5-12/h1-5H,6-11H2. The molecule has 1 saturated heterocycles. The van der Waals surface area contributed by atoms with Crippen LogP contribution >= 0.6 is 0 Å². The summed E-state index contributed by atoms with van der Waals surface area (Å²) in [7, 11) is 0. The number of amides is 2. The average Bonchev–Trinajstić information content (AvgIpc) is 2.65. The number of carbonyl (C=O) groups excluding carboxylic acids is 3. The molecule has 2 rings (SSSR count). The summed E-state index contributed by atoms with van der Waals surface area (Å²) in [6.45, 7) is -2.24. The van der Waals surface area contributed by atoms with Gasteiger partial charge in [0.1, 0.15) is 6.61 Å². The predicted octanol–water partition coefficient (Wildman–Crippen LogP) is 1.64. The summed E-state index contributed by atoms with van der Waals surface area (Å²) < 4.78 is 44.2. The molecular weight excluding hydrogens is 341 g/mol. The maximum Gasteiger partial charge on any atom is 0.410 e. The van der Waals surface area contributed by atoms with Crippen molar-refractivity contribution in [3.63, 3.8) is 0 Å². The Hall–Kier alpha value is -2.58. The second kappa shape index (κ2) is 8.00. The predicted molar refractivity (Wildman–Crippen MR) is 80.7 cm³/mol. The van der Waals surface area contributed by atoms with Gasteiger partial charge in [0.15, 0.2) is 6.67 Å². The first kappa shape index (κ1) is 18.8. The summed E-state index contributed by atoms with van der Waals surface area (Å²) >= 11 is 0. The Bertz CT molecular complexity index is 632. The quantitative estimate of drug-likeness (QED) is 0.751. The molecule has 1 aliphatic heterocycles. The SMILES string of the molecule is O=C(OCc1ccccc1)N1CCN(C(=O)C(F)(F)C(=O)CF)CC1. The van der Waals surface area contributed by atoms with Crippen LogP contribution in [0.4, 0.5) is 18.0 Å². The molecule has 0 aromatic heterocycles. The van der Waals surface area contributed by atoms with E-state index in [-0.39, 0.29) is 32.8 Å². The van der Waals surface area contributed by atoms with Gasteiger partial charge < -0.3 is 14.5 Å². The summed E-state index contributed by atoms with van der Waals surface area (Å²) in [5.74, 6) is -8.19. The monoisotopic (exact) mass is 358 g/mol. The third-order valence-electron chi connectivity index (χ3n) is 3.77. The second-order valence-corrected chi connectivity index (χ2v) is 5.45. The van der Waals surface area contributed by atoms with Gasteiger partial charge in [0, 0.05) is 26.2 Å². The van der Waals surface area contributed by atoms with Crippen molar-refractivity contribution in [2.24, 2.45) is 0 Å². The van der Waals surface area contributed by atoms with Crippen LogP contribution in [0.2, 0.25) is 0 Å². The number of hydrogen-bond acceptors (Lipinski definition) is 4. The fraction of sp³-hybridized carbons (Fsp3) is 0.438. The molecule has 9 heteroatoms. The van der Waals surface area contributed by atoms with Crippen LogP contribution in [0.15, 0.2) is 30.3 Å². The molecule has 136 valence electrons. The van der Waals surface area contributed by atoms with Crippen LogP contribution in [-0.2, 0) is 20.9 Å². The number of hydrogen-bond donors (Lipinski definition) is 0. The van der Waals surface area contributed by atoms with Crippen molar-refractivity contribution in [3.8, 4) is 0 Å². The van der Waals surface area contributed by atoms with Gasteiger partial charge in [0.05, 0.1) is 0 Å². The smallest absolute Gasteiger partial charge is 0.410 e. The van der Waals surface area contributed by atoms with Gasteiger partial charge in [-0.2, -0.15) is 8.78 Å². The zero-order valence-electron chi connectivity index (χ0n) is 13.3. The number of halogens is 3. The molecule has 0 N–H and O–H groups in total. The van der Waals surface area contributed by atoms with Crippen molar-refractivity contribution in [1.29, 1.82) is 0 Å². The van der Waals surface area contributed by atoms with Gasteiger partial charge in [-0.15, -0.1) is 0 Å². The van der Waals surface area contributed by atoms with Crippen LogP contribution in [-0.4, -0.2) is 66.4 Å². The van der Waals surface area contributed by atoms with E-state index in [1.807, 2.05) is 6.07 Å². The number of ether oxygens (including phenoxy) is 1. The molecule has 0 bridgehead atoms. The Labute approximate surface area is 142 Å². The Morgan fingerprint density at radius 1 is 1.00 bits per heavy atom. The first-order valence-electron chi connectivity index (χ1n) is 7.58. The molecule has 0 spiro atoms. The molecule has 2 amide bonds.